The summed E-state index contributed by atoms with van der Waals surface area (Å²) in [6, 6.07) is 0. The van der Waals surface area contributed by atoms with E-state index in [0.29, 0.717) is 21.7 Å². The monoisotopic (exact) mass is 522 g/mol. The first kappa shape index (κ1) is 34.0. The van der Waals surface area contributed by atoms with Crippen molar-refractivity contribution in [1.82, 2.24) is 0 Å². The minimum Gasteiger partial charge on any atom is -0.469 e. The number of methoxy groups -OCH3 is 2. The first-order valence-corrected chi connectivity index (χ1v) is 15.0. The Bertz CT molecular complexity index is 688. The summed E-state index contributed by atoms with van der Waals surface area (Å²) in [6.07, 6.45) is 13.6. The van der Waals surface area contributed by atoms with E-state index in [9.17, 15) is 9.59 Å². The number of carbonyl (C=O) groups excluding carboxylic acids is 2. The molecule has 0 aliphatic heterocycles. The van der Waals surface area contributed by atoms with E-state index in [-0.39, 0.29) is 23.3 Å². The van der Waals surface area contributed by atoms with Crippen LogP contribution in [0.3, 0.4) is 0 Å². The molecule has 4 saturated carbocycles. The van der Waals surface area contributed by atoms with Crippen LogP contribution in [0.5, 0.6) is 0 Å². The second kappa shape index (κ2) is 12.9. The van der Waals surface area contributed by atoms with Crippen LogP contribution in [0.25, 0.3) is 0 Å². The molecule has 4 bridgehead atoms. The van der Waals surface area contributed by atoms with Crippen molar-refractivity contribution in [2.45, 2.75) is 140 Å². The van der Waals surface area contributed by atoms with Crippen LogP contribution in [0.15, 0.2) is 0 Å². The van der Waals surface area contributed by atoms with E-state index in [4.69, 9.17) is 0 Å². The minimum absolute atomic E-state index is 0.0556. The largest absolute Gasteiger partial charge is 0.469 e. The second-order valence-corrected chi connectivity index (χ2v) is 14.7. The van der Waals surface area contributed by atoms with Crippen LogP contribution in [0.4, 0.5) is 0 Å². The van der Waals surface area contributed by atoms with Crippen molar-refractivity contribution in [3.05, 3.63) is 0 Å². The molecular weight excluding hydrogens is 460 g/mol. The van der Waals surface area contributed by atoms with E-state index in [1.54, 1.807) is 0 Å². The molecule has 4 rings (SSSR count). The fourth-order valence-corrected chi connectivity index (χ4v) is 7.02. The number of fused-ring (bicyclic) bond motifs is 4. The fourth-order valence-electron chi connectivity index (χ4n) is 7.02. The predicted octanol–water partition coefficient (Wildman–Crippen LogP) is 9.25. The van der Waals surface area contributed by atoms with E-state index >= 15 is 0 Å². The lowest BCUT2D eigenvalue weighted by Crippen LogP contribution is -2.26. The lowest BCUT2D eigenvalue weighted by molar-refractivity contribution is -0.150. The number of carbonyl (C=O) groups is 2. The smallest absolute Gasteiger partial charge is 0.311 e. The van der Waals surface area contributed by atoms with Gasteiger partial charge >= 0.3 is 11.9 Å². The molecule has 0 amide bonds. The summed E-state index contributed by atoms with van der Waals surface area (Å²) in [5.74, 6) is 1.91. The minimum atomic E-state index is -0.311. The molecule has 218 valence electrons. The van der Waals surface area contributed by atoms with Crippen molar-refractivity contribution in [3.8, 4) is 0 Å². The second-order valence-electron chi connectivity index (χ2n) is 14.7. The molecule has 0 spiro atoms. The first-order chi connectivity index (χ1) is 16.9. The molecule has 0 aromatic rings. The number of ether oxygens (including phenoxy) is 2. The summed E-state index contributed by atoms with van der Waals surface area (Å²) in [5, 5.41) is 0. The summed E-state index contributed by atoms with van der Waals surface area (Å²) in [4.78, 5) is 21.4. The normalized spacial score (nSPS) is 32.6. The molecular formula is C33H62O4. The van der Waals surface area contributed by atoms with E-state index < -0.39 is 0 Å². The zero-order valence-electron chi connectivity index (χ0n) is 26.9. The van der Waals surface area contributed by atoms with Crippen molar-refractivity contribution in [2.24, 2.45) is 44.8 Å². The first-order valence-electron chi connectivity index (χ1n) is 15.0. The highest BCUT2D eigenvalue weighted by molar-refractivity contribution is 5.75. The number of rotatable bonds is 4. The maximum absolute atomic E-state index is 10.8. The van der Waals surface area contributed by atoms with Gasteiger partial charge in [0, 0.05) is 0 Å². The van der Waals surface area contributed by atoms with Gasteiger partial charge < -0.3 is 9.47 Å². The molecule has 4 aliphatic carbocycles. The van der Waals surface area contributed by atoms with E-state index in [1.807, 2.05) is 34.6 Å². The van der Waals surface area contributed by atoms with Crippen LogP contribution in [-0.2, 0) is 19.1 Å². The molecule has 1 atom stereocenters. The van der Waals surface area contributed by atoms with Gasteiger partial charge in [0.15, 0.2) is 0 Å². The average Bonchev–Trinajstić information content (AvgIpc) is 3.42. The number of hydrogen-bond donors (Lipinski definition) is 0. The highest BCUT2D eigenvalue weighted by Gasteiger charge is 2.56. The van der Waals surface area contributed by atoms with Gasteiger partial charge in [0.05, 0.1) is 25.6 Å². The lowest BCUT2D eigenvalue weighted by atomic mass is 9.71. The van der Waals surface area contributed by atoms with E-state index in [2.05, 4.69) is 51.0 Å². The number of hydrogen-bond acceptors (Lipinski definition) is 4. The van der Waals surface area contributed by atoms with Crippen molar-refractivity contribution < 1.29 is 19.1 Å². The van der Waals surface area contributed by atoms with Gasteiger partial charge in [0.1, 0.15) is 0 Å². The molecule has 0 aromatic carbocycles. The van der Waals surface area contributed by atoms with Gasteiger partial charge in [-0.05, 0) is 112 Å². The summed E-state index contributed by atoms with van der Waals surface area (Å²) in [5.41, 5.74) is 2.42. The standard InChI is InChI=1S/2C10H18.C7H14O2.C6H12O2/c2*1-9(2)8-4-6-10(9,3)7-5-8;1-5-7(2,3)6(8)9-4;1-4-5(2)6(7)8-3/h2*8H,4-7H2,1-3H3;5H2,1-4H3;5H,4H2,1-3H3. The van der Waals surface area contributed by atoms with Crippen LogP contribution >= 0.6 is 0 Å². The molecule has 0 radical (unpaired) electrons. The Hall–Kier alpha value is -1.06. The molecule has 0 aromatic heterocycles. The SMILES string of the molecule is CC12CCC(CC1)C2(C)C.CC12CCC(CC1)C2(C)C.CCC(C)(C)C(=O)OC.CCC(C)C(=O)OC. The van der Waals surface area contributed by atoms with Crippen LogP contribution in [-0.4, -0.2) is 26.2 Å². The van der Waals surface area contributed by atoms with Crippen molar-refractivity contribution in [1.29, 1.82) is 0 Å². The third kappa shape index (κ3) is 7.33. The van der Waals surface area contributed by atoms with Crippen molar-refractivity contribution >= 4 is 11.9 Å². The Morgan fingerprint density at radius 3 is 1.19 bits per heavy atom. The lowest BCUT2D eigenvalue weighted by Gasteiger charge is -2.34. The van der Waals surface area contributed by atoms with E-state index in [1.165, 1.54) is 65.6 Å². The predicted molar refractivity (Wildman–Crippen MR) is 155 cm³/mol. The van der Waals surface area contributed by atoms with Crippen molar-refractivity contribution in [3.63, 3.8) is 0 Å². The zero-order chi connectivity index (χ0) is 28.9. The Labute approximate surface area is 230 Å². The van der Waals surface area contributed by atoms with Gasteiger partial charge in [0.2, 0.25) is 0 Å². The van der Waals surface area contributed by atoms with Gasteiger partial charge in [-0.3, -0.25) is 9.59 Å². The maximum Gasteiger partial charge on any atom is 0.311 e. The van der Waals surface area contributed by atoms with Crippen LogP contribution in [0.2, 0.25) is 0 Å². The molecule has 0 heterocycles. The highest BCUT2D eigenvalue weighted by Crippen LogP contribution is 2.66. The van der Waals surface area contributed by atoms with Gasteiger partial charge in [0.25, 0.3) is 0 Å². The quantitative estimate of drug-likeness (QED) is 0.345. The molecule has 0 N–H and O–H groups in total. The van der Waals surface area contributed by atoms with Crippen LogP contribution in [0.1, 0.15) is 140 Å². The molecule has 1 unspecified atom stereocenters. The summed E-state index contributed by atoms with van der Waals surface area (Å²) < 4.78 is 9.03. The molecule has 4 aliphatic rings. The molecule has 4 fully saturated rings. The van der Waals surface area contributed by atoms with Crippen LogP contribution < -0.4 is 0 Å². The Morgan fingerprint density at radius 1 is 0.757 bits per heavy atom. The zero-order valence-corrected chi connectivity index (χ0v) is 26.9. The molecule has 0 saturated heterocycles. The van der Waals surface area contributed by atoms with Crippen LogP contribution in [0, 0.1) is 44.8 Å². The summed E-state index contributed by atoms with van der Waals surface area (Å²) >= 11 is 0. The molecule has 4 nitrogen and oxygen atoms in total. The third-order valence-corrected chi connectivity index (χ3v) is 12.2. The van der Waals surface area contributed by atoms with Gasteiger partial charge in [-0.1, -0.05) is 62.3 Å². The summed E-state index contributed by atoms with van der Waals surface area (Å²) in [7, 11) is 2.83. The highest BCUT2D eigenvalue weighted by atomic mass is 16.5. The van der Waals surface area contributed by atoms with E-state index in [0.717, 1.165) is 24.7 Å². The average molecular weight is 523 g/mol. The third-order valence-electron chi connectivity index (χ3n) is 12.2. The molecule has 37 heavy (non-hydrogen) atoms. The molecule has 4 heteroatoms. The number of esters is 2. The van der Waals surface area contributed by atoms with Crippen molar-refractivity contribution in [2.75, 3.05) is 14.2 Å². The Kier molecular flexibility index (Phi) is 11.8. The Balaban J connectivity index is 0.000000248. The van der Waals surface area contributed by atoms with Gasteiger partial charge in [-0.15, -0.1) is 0 Å². The maximum atomic E-state index is 10.8. The van der Waals surface area contributed by atoms with Gasteiger partial charge in [-0.25, -0.2) is 0 Å². The topological polar surface area (TPSA) is 52.6 Å². The fraction of sp³-hybridized carbons (Fsp3) is 0.939. The Morgan fingerprint density at radius 2 is 1.11 bits per heavy atom. The van der Waals surface area contributed by atoms with Gasteiger partial charge in [-0.2, -0.15) is 0 Å². The summed E-state index contributed by atoms with van der Waals surface area (Å²) in [6.45, 7) is 24.4.